The maximum atomic E-state index is 11.1. The van der Waals surface area contributed by atoms with Crippen molar-refractivity contribution in [3.63, 3.8) is 0 Å². The highest BCUT2D eigenvalue weighted by Gasteiger charge is 2.26. The molecular weight excluding hydrogens is 210 g/mol. The van der Waals surface area contributed by atoms with Gasteiger partial charge >= 0.3 is 5.97 Å². The van der Waals surface area contributed by atoms with Crippen LogP contribution in [0.15, 0.2) is 6.20 Å². The zero-order chi connectivity index (χ0) is 12.3. The van der Waals surface area contributed by atoms with Gasteiger partial charge in [-0.15, -0.1) is 5.10 Å². The number of rotatable bonds is 4. The number of methoxy groups -OCH3 is 1. The van der Waals surface area contributed by atoms with Crippen molar-refractivity contribution in [2.45, 2.75) is 32.9 Å². The van der Waals surface area contributed by atoms with Gasteiger partial charge in [0.1, 0.15) is 0 Å². The average Bonchev–Trinajstić information content (AvgIpc) is 2.64. The molecule has 0 radical (unpaired) electrons. The van der Waals surface area contributed by atoms with E-state index in [9.17, 15) is 9.90 Å². The van der Waals surface area contributed by atoms with E-state index in [1.807, 2.05) is 13.8 Å². The molecule has 1 aromatic rings. The van der Waals surface area contributed by atoms with Crippen molar-refractivity contribution in [3.8, 4) is 0 Å². The second-order valence-electron chi connectivity index (χ2n) is 4.30. The zero-order valence-corrected chi connectivity index (χ0v) is 9.97. The molecule has 0 aliphatic rings. The van der Waals surface area contributed by atoms with Crippen LogP contribution in [0.25, 0.3) is 0 Å². The van der Waals surface area contributed by atoms with Gasteiger partial charge in [-0.3, -0.25) is 0 Å². The van der Waals surface area contributed by atoms with Crippen LogP contribution < -0.4 is 0 Å². The lowest BCUT2D eigenvalue weighted by Crippen LogP contribution is -2.36. The first kappa shape index (κ1) is 12.6. The van der Waals surface area contributed by atoms with E-state index in [1.54, 1.807) is 6.92 Å². The molecular formula is C10H17N3O3. The van der Waals surface area contributed by atoms with Gasteiger partial charge < -0.3 is 9.84 Å². The summed E-state index contributed by atoms with van der Waals surface area (Å²) in [5.41, 5.74) is -0.747. The summed E-state index contributed by atoms with van der Waals surface area (Å²) < 4.78 is 5.95. The van der Waals surface area contributed by atoms with Gasteiger partial charge in [0.15, 0.2) is 5.69 Å². The summed E-state index contributed by atoms with van der Waals surface area (Å²) in [6.45, 7) is 5.84. The van der Waals surface area contributed by atoms with E-state index in [4.69, 9.17) is 0 Å². The van der Waals surface area contributed by atoms with Crippen LogP contribution in [0.2, 0.25) is 0 Å². The van der Waals surface area contributed by atoms with Crippen molar-refractivity contribution in [3.05, 3.63) is 11.9 Å². The van der Waals surface area contributed by atoms with Gasteiger partial charge in [0.05, 0.1) is 25.5 Å². The number of nitrogens with zero attached hydrogens (tertiary/aromatic N) is 3. The third-order valence-corrected chi connectivity index (χ3v) is 2.66. The number of hydrogen-bond acceptors (Lipinski definition) is 5. The molecule has 0 amide bonds. The average molecular weight is 227 g/mol. The lowest BCUT2D eigenvalue weighted by Gasteiger charge is -2.26. The fraction of sp³-hybridized carbons (Fsp3) is 0.700. The molecule has 1 heterocycles. The number of aliphatic hydroxyl groups is 1. The fourth-order valence-electron chi connectivity index (χ4n) is 1.08. The second kappa shape index (κ2) is 4.61. The van der Waals surface area contributed by atoms with Crippen molar-refractivity contribution in [2.75, 3.05) is 7.11 Å². The van der Waals surface area contributed by atoms with Crippen molar-refractivity contribution in [1.29, 1.82) is 0 Å². The van der Waals surface area contributed by atoms with E-state index >= 15 is 0 Å². The van der Waals surface area contributed by atoms with Gasteiger partial charge in [-0.25, -0.2) is 9.48 Å². The summed E-state index contributed by atoms with van der Waals surface area (Å²) in [5, 5.41) is 17.5. The van der Waals surface area contributed by atoms with E-state index in [1.165, 1.54) is 18.0 Å². The molecule has 6 nitrogen and oxygen atoms in total. The third-order valence-electron chi connectivity index (χ3n) is 2.66. The Morgan fingerprint density at radius 3 is 2.81 bits per heavy atom. The summed E-state index contributed by atoms with van der Waals surface area (Å²) in [6, 6.07) is 0. The Morgan fingerprint density at radius 1 is 1.69 bits per heavy atom. The van der Waals surface area contributed by atoms with E-state index in [2.05, 4.69) is 15.0 Å². The Kier molecular flexibility index (Phi) is 3.64. The van der Waals surface area contributed by atoms with Gasteiger partial charge in [-0.05, 0) is 12.8 Å². The fourth-order valence-corrected chi connectivity index (χ4v) is 1.08. The SMILES string of the molecule is COC(=O)c1cn(CC(C)(O)C(C)C)nn1. The molecule has 6 heteroatoms. The Balaban J connectivity index is 2.76. The highest BCUT2D eigenvalue weighted by molar-refractivity contribution is 5.86. The maximum Gasteiger partial charge on any atom is 0.360 e. The topological polar surface area (TPSA) is 77.2 Å². The molecule has 1 atom stereocenters. The summed E-state index contributed by atoms with van der Waals surface area (Å²) in [6.07, 6.45) is 1.46. The molecule has 0 aliphatic heterocycles. The molecule has 1 N–H and O–H groups in total. The van der Waals surface area contributed by atoms with E-state index in [-0.39, 0.29) is 18.2 Å². The predicted octanol–water partition coefficient (Wildman–Crippen LogP) is 0.472. The van der Waals surface area contributed by atoms with Crippen LogP contribution in [0.1, 0.15) is 31.3 Å². The highest BCUT2D eigenvalue weighted by Crippen LogP contribution is 2.17. The van der Waals surface area contributed by atoms with E-state index in [0.717, 1.165) is 0 Å². The normalized spacial score (nSPS) is 14.9. The number of aromatic nitrogens is 3. The van der Waals surface area contributed by atoms with Gasteiger partial charge in [-0.1, -0.05) is 19.1 Å². The van der Waals surface area contributed by atoms with Crippen molar-refractivity contribution in [2.24, 2.45) is 5.92 Å². The molecule has 0 bridgehead atoms. The second-order valence-corrected chi connectivity index (χ2v) is 4.30. The number of esters is 1. The molecule has 1 aromatic heterocycles. The number of carbonyl (C=O) groups excluding carboxylic acids is 1. The first-order valence-electron chi connectivity index (χ1n) is 5.07. The number of hydrogen-bond donors (Lipinski definition) is 1. The molecule has 90 valence electrons. The summed E-state index contributed by atoms with van der Waals surface area (Å²) in [4.78, 5) is 11.1. The van der Waals surface area contributed by atoms with E-state index < -0.39 is 11.6 Å². The van der Waals surface area contributed by atoms with Crippen molar-refractivity contribution >= 4 is 5.97 Å². The summed E-state index contributed by atoms with van der Waals surface area (Å²) in [5.74, 6) is -0.450. The molecule has 0 saturated heterocycles. The summed E-state index contributed by atoms with van der Waals surface area (Å²) in [7, 11) is 1.28. The van der Waals surface area contributed by atoms with Crippen molar-refractivity contribution in [1.82, 2.24) is 15.0 Å². The maximum absolute atomic E-state index is 11.1. The molecule has 0 spiro atoms. The lowest BCUT2D eigenvalue weighted by molar-refractivity contribution is -0.00613. The molecule has 1 rings (SSSR count). The molecule has 16 heavy (non-hydrogen) atoms. The zero-order valence-electron chi connectivity index (χ0n) is 9.97. The number of carbonyl (C=O) groups is 1. The smallest absolute Gasteiger partial charge is 0.360 e. The standard InChI is InChI=1S/C10H17N3O3/c1-7(2)10(3,15)6-13-5-8(11-12-13)9(14)16-4/h5,7,15H,6H2,1-4H3. The van der Waals surface area contributed by atoms with Crippen LogP contribution >= 0.6 is 0 Å². The molecule has 1 unspecified atom stereocenters. The van der Waals surface area contributed by atoms with Crippen LogP contribution in [0.5, 0.6) is 0 Å². The molecule has 0 aromatic carbocycles. The van der Waals surface area contributed by atoms with Crippen LogP contribution in [0.3, 0.4) is 0 Å². The largest absolute Gasteiger partial charge is 0.464 e. The van der Waals surface area contributed by atoms with Gasteiger partial charge in [0, 0.05) is 0 Å². The monoisotopic (exact) mass is 227 g/mol. The summed E-state index contributed by atoms with van der Waals surface area (Å²) >= 11 is 0. The van der Waals surface area contributed by atoms with Crippen LogP contribution in [-0.2, 0) is 11.3 Å². The third kappa shape index (κ3) is 2.79. The van der Waals surface area contributed by atoms with Gasteiger partial charge in [0.25, 0.3) is 0 Å². The molecule has 0 fully saturated rings. The lowest BCUT2D eigenvalue weighted by atomic mass is 9.93. The minimum absolute atomic E-state index is 0.0817. The minimum Gasteiger partial charge on any atom is -0.464 e. The Morgan fingerprint density at radius 2 is 2.31 bits per heavy atom. The van der Waals surface area contributed by atoms with Crippen LogP contribution in [-0.4, -0.2) is 38.8 Å². The van der Waals surface area contributed by atoms with Gasteiger partial charge in [-0.2, -0.15) is 0 Å². The van der Waals surface area contributed by atoms with Crippen LogP contribution in [0, 0.1) is 5.92 Å². The predicted molar refractivity (Wildman–Crippen MR) is 56.8 cm³/mol. The Bertz CT molecular complexity index is 371. The Labute approximate surface area is 94.2 Å². The quantitative estimate of drug-likeness (QED) is 0.757. The Hall–Kier alpha value is -1.43. The first-order valence-corrected chi connectivity index (χ1v) is 5.07. The van der Waals surface area contributed by atoms with Crippen LogP contribution in [0.4, 0.5) is 0 Å². The minimum atomic E-state index is -0.888. The van der Waals surface area contributed by atoms with Crippen molar-refractivity contribution < 1.29 is 14.6 Å². The number of ether oxygens (including phenoxy) is 1. The van der Waals surface area contributed by atoms with Gasteiger partial charge in [0.2, 0.25) is 0 Å². The van der Waals surface area contributed by atoms with E-state index in [0.29, 0.717) is 0 Å². The molecule has 0 saturated carbocycles. The first-order chi connectivity index (χ1) is 7.36. The highest BCUT2D eigenvalue weighted by atomic mass is 16.5. The molecule has 0 aliphatic carbocycles.